The third kappa shape index (κ3) is 5.79. The number of halogens is 1. The first-order valence-corrected chi connectivity index (χ1v) is 12.0. The number of fused-ring (bicyclic) bond motifs is 1. The molecule has 0 spiro atoms. The molecule has 2 amide bonds. The maximum absolute atomic E-state index is 12.6. The summed E-state index contributed by atoms with van der Waals surface area (Å²) in [5.74, 6) is 2.47. The summed E-state index contributed by atoms with van der Waals surface area (Å²) in [6.07, 6.45) is 3.49. The number of carbonyl (C=O) groups is 1. The molecular weight excluding hydrogens is 468 g/mol. The Morgan fingerprint density at radius 1 is 1.00 bits per heavy atom. The van der Waals surface area contributed by atoms with Crippen LogP contribution in [0.15, 0.2) is 36.4 Å². The number of ether oxygens (including phenoxy) is 2. The van der Waals surface area contributed by atoms with E-state index in [-0.39, 0.29) is 18.1 Å². The first-order valence-electron chi connectivity index (χ1n) is 11.6. The van der Waals surface area contributed by atoms with Gasteiger partial charge in [-0.1, -0.05) is 23.7 Å². The highest BCUT2D eigenvalue weighted by Crippen LogP contribution is 2.36. The summed E-state index contributed by atoms with van der Waals surface area (Å²) < 4.78 is 10.6. The van der Waals surface area contributed by atoms with Crippen molar-refractivity contribution in [2.45, 2.75) is 37.8 Å². The fraction of sp³-hybridized carbons (Fsp3) is 0.400. The van der Waals surface area contributed by atoms with Crippen LogP contribution in [-0.4, -0.2) is 56.4 Å². The van der Waals surface area contributed by atoms with Gasteiger partial charge in [0.05, 0.1) is 30.4 Å². The fourth-order valence-corrected chi connectivity index (χ4v) is 4.57. The number of urea groups is 1. The molecule has 4 rings (SSSR count). The molecule has 1 heterocycles. The molecule has 1 aromatic heterocycles. The van der Waals surface area contributed by atoms with Gasteiger partial charge in [0.1, 0.15) is 17.3 Å². The van der Waals surface area contributed by atoms with Crippen LogP contribution in [0, 0.1) is 0 Å². The van der Waals surface area contributed by atoms with E-state index >= 15 is 0 Å². The topological polar surface area (TPSA) is 101 Å². The van der Waals surface area contributed by atoms with Crippen LogP contribution in [-0.2, 0) is 0 Å². The maximum atomic E-state index is 12.6. The van der Waals surface area contributed by atoms with E-state index < -0.39 is 0 Å². The third-order valence-electron chi connectivity index (χ3n) is 6.12. The lowest BCUT2D eigenvalue weighted by Crippen LogP contribution is -2.42. The van der Waals surface area contributed by atoms with Gasteiger partial charge in [0.2, 0.25) is 5.95 Å². The fourth-order valence-electron chi connectivity index (χ4n) is 4.33. The third-order valence-corrected chi connectivity index (χ3v) is 6.42. The zero-order valence-corrected chi connectivity index (χ0v) is 21.1. The summed E-state index contributed by atoms with van der Waals surface area (Å²) in [5.41, 5.74) is 1.39. The van der Waals surface area contributed by atoms with Gasteiger partial charge in [-0.2, -0.15) is 4.98 Å². The number of nitrogens with one attached hydrogen (secondary N) is 3. The minimum absolute atomic E-state index is 0.0719. The van der Waals surface area contributed by atoms with E-state index in [0.29, 0.717) is 28.2 Å². The van der Waals surface area contributed by atoms with Crippen LogP contribution >= 0.6 is 11.6 Å². The monoisotopic (exact) mass is 498 g/mol. The summed E-state index contributed by atoms with van der Waals surface area (Å²) in [7, 11) is 7.02. The van der Waals surface area contributed by atoms with Crippen LogP contribution in [0.4, 0.5) is 22.2 Å². The van der Waals surface area contributed by atoms with Gasteiger partial charge in [-0.3, -0.25) is 0 Å². The highest BCUT2D eigenvalue weighted by molar-refractivity contribution is 6.32. The van der Waals surface area contributed by atoms with Crippen molar-refractivity contribution in [1.82, 2.24) is 15.3 Å². The largest absolute Gasteiger partial charge is 0.495 e. The Hall–Kier alpha value is -3.46. The van der Waals surface area contributed by atoms with Gasteiger partial charge in [-0.25, -0.2) is 9.78 Å². The standard InChI is InChI=1S/C25H31ClN6O3/c1-32(2)23-17-7-5-6-8-19(17)29-24(31-23)27-15-9-11-16(12-10-15)28-25(33)30-20-13-18(26)21(34-3)14-22(20)35-4/h5-8,13-16H,9-12H2,1-4H3,(H,27,29,31)(H2,28,30,33). The zero-order valence-electron chi connectivity index (χ0n) is 20.4. The van der Waals surface area contributed by atoms with Gasteiger partial charge >= 0.3 is 6.03 Å². The van der Waals surface area contributed by atoms with Crippen LogP contribution in [0.3, 0.4) is 0 Å². The van der Waals surface area contributed by atoms with Gasteiger partial charge in [0, 0.05) is 37.6 Å². The number of hydrogen-bond donors (Lipinski definition) is 3. The van der Waals surface area contributed by atoms with Crippen LogP contribution in [0.5, 0.6) is 11.5 Å². The SMILES string of the molecule is COc1cc(OC)c(NC(=O)NC2CCC(Nc3nc(N(C)C)c4ccccc4n3)CC2)cc1Cl. The van der Waals surface area contributed by atoms with Crippen molar-refractivity contribution in [3.8, 4) is 11.5 Å². The molecule has 2 aromatic carbocycles. The minimum Gasteiger partial charge on any atom is -0.495 e. The number of methoxy groups -OCH3 is 2. The molecule has 0 bridgehead atoms. The number of para-hydroxylation sites is 1. The first kappa shape index (κ1) is 24.7. The molecular formula is C25H31ClN6O3. The molecule has 0 unspecified atom stereocenters. The molecule has 1 saturated carbocycles. The second kappa shape index (κ2) is 10.9. The van der Waals surface area contributed by atoms with Gasteiger partial charge in [-0.15, -0.1) is 0 Å². The highest BCUT2D eigenvalue weighted by atomic mass is 35.5. The Morgan fingerprint density at radius 2 is 1.69 bits per heavy atom. The van der Waals surface area contributed by atoms with Crippen molar-refractivity contribution in [3.63, 3.8) is 0 Å². The Morgan fingerprint density at radius 3 is 2.37 bits per heavy atom. The summed E-state index contributed by atoms with van der Waals surface area (Å²) in [5, 5.41) is 10.8. The number of nitrogens with zero attached hydrogens (tertiary/aromatic N) is 3. The maximum Gasteiger partial charge on any atom is 0.319 e. The van der Waals surface area contributed by atoms with Crippen molar-refractivity contribution in [2.24, 2.45) is 0 Å². The Balaban J connectivity index is 1.33. The summed E-state index contributed by atoms with van der Waals surface area (Å²) in [6, 6.07) is 11.3. The molecule has 0 atom stereocenters. The van der Waals surface area contributed by atoms with Gasteiger partial charge in [0.25, 0.3) is 0 Å². The summed E-state index contributed by atoms with van der Waals surface area (Å²) in [6.45, 7) is 0. The van der Waals surface area contributed by atoms with E-state index in [0.717, 1.165) is 42.4 Å². The van der Waals surface area contributed by atoms with Crippen LogP contribution in [0.1, 0.15) is 25.7 Å². The average molecular weight is 499 g/mol. The molecule has 0 radical (unpaired) electrons. The van der Waals surface area contributed by atoms with Gasteiger partial charge in [-0.05, 0) is 43.9 Å². The van der Waals surface area contributed by atoms with E-state index in [1.165, 1.54) is 14.2 Å². The number of carbonyl (C=O) groups excluding carboxylic acids is 1. The number of amides is 2. The Labute approximate surface area is 210 Å². The molecule has 1 aliphatic rings. The van der Waals surface area contributed by atoms with Crippen molar-refractivity contribution in [1.29, 1.82) is 0 Å². The molecule has 186 valence electrons. The van der Waals surface area contributed by atoms with Crippen molar-refractivity contribution in [3.05, 3.63) is 41.4 Å². The number of aromatic nitrogens is 2. The second-order valence-electron chi connectivity index (χ2n) is 8.76. The molecule has 9 nitrogen and oxygen atoms in total. The lowest BCUT2D eigenvalue weighted by molar-refractivity contribution is 0.243. The molecule has 0 saturated heterocycles. The number of hydrogen-bond acceptors (Lipinski definition) is 7. The number of rotatable bonds is 7. The van der Waals surface area contributed by atoms with Crippen molar-refractivity contribution in [2.75, 3.05) is 43.8 Å². The van der Waals surface area contributed by atoms with Crippen LogP contribution < -0.4 is 30.3 Å². The lowest BCUT2D eigenvalue weighted by atomic mass is 9.91. The summed E-state index contributed by atoms with van der Waals surface area (Å²) >= 11 is 6.20. The van der Waals surface area contributed by atoms with Crippen LogP contribution in [0.2, 0.25) is 5.02 Å². The zero-order chi connectivity index (χ0) is 24.9. The van der Waals surface area contributed by atoms with Gasteiger partial charge < -0.3 is 30.3 Å². The highest BCUT2D eigenvalue weighted by Gasteiger charge is 2.24. The van der Waals surface area contributed by atoms with E-state index in [9.17, 15) is 4.79 Å². The normalized spacial score (nSPS) is 17.5. The van der Waals surface area contributed by atoms with E-state index in [1.54, 1.807) is 12.1 Å². The van der Waals surface area contributed by atoms with E-state index in [4.69, 9.17) is 31.0 Å². The smallest absolute Gasteiger partial charge is 0.319 e. The Kier molecular flexibility index (Phi) is 7.65. The number of benzene rings is 2. The molecule has 0 aliphatic heterocycles. The second-order valence-corrected chi connectivity index (χ2v) is 9.17. The molecule has 1 aliphatic carbocycles. The average Bonchev–Trinajstić information content (AvgIpc) is 2.85. The molecule has 35 heavy (non-hydrogen) atoms. The lowest BCUT2D eigenvalue weighted by Gasteiger charge is -2.30. The van der Waals surface area contributed by atoms with Crippen molar-refractivity contribution >= 4 is 46.0 Å². The van der Waals surface area contributed by atoms with E-state index in [1.807, 2.05) is 43.3 Å². The van der Waals surface area contributed by atoms with E-state index in [2.05, 4.69) is 16.0 Å². The molecule has 3 N–H and O–H groups in total. The van der Waals surface area contributed by atoms with Gasteiger partial charge in [0.15, 0.2) is 0 Å². The Bertz CT molecular complexity index is 1200. The summed E-state index contributed by atoms with van der Waals surface area (Å²) in [4.78, 5) is 24.1. The molecule has 10 heteroatoms. The first-order chi connectivity index (χ1) is 16.9. The van der Waals surface area contributed by atoms with Crippen LogP contribution in [0.25, 0.3) is 10.9 Å². The predicted molar refractivity (Wildman–Crippen MR) is 140 cm³/mol. The molecule has 1 fully saturated rings. The minimum atomic E-state index is -0.297. The number of anilines is 3. The molecule has 3 aromatic rings. The van der Waals surface area contributed by atoms with Crippen molar-refractivity contribution < 1.29 is 14.3 Å². The quantitative estimate of drug-likeness (QED) is 0.425. The predicted octanol–water partition coefficient (Wildman–Crippen LogP) is 4.91.